The molecule has 0 aliphatic rings. The summed E-state index contributed by atoms with van der Waals surface area (Å²) in [5, 5.41) is 8.65. The number of carbonyl (C=O) groups is 1. The van der Waals surface area contributed by atoms with E-state index in [2.05, 4.69) is 15.8 Å². The van der Waals surface area contributed by atoms with Crippen LogP contribution in [0.25, 0.3) is 0 Å². The Morgan fingerprint density at radius 2 is 1.94 bits per heavy atom. The van der Waals surface area contributed by atoms with Crippen LogP contribution in [0.5, 0.6) is 0 Å². The van der Waals surface area contributed by atoms with Crippen molar-refractivity contribution in [3.63, 3.8) is 0 Å². The molecule has 2 rings (SSSR count). The van der Waals surface area contributed by atoms with Crippen LogP contribution in [-0.4, -0.2) is 10.9 Å². The predicted molar refractivity (Wildman–Crippen MR) is 66.5 cm³/mol. The lowest BCUT2D eigenvalue weighted by molar-refractivity contribution is 0.0958. The number of nitriles is 1. The molecule has 0 spiro atoms. The first kappa shape index (κ1) is 11.6. The monoisotopic (exact) mass is 238 g/mol. The Balaban J connectivity index is 1.95. The van der Waals surface area contributed by atoms with Gasteiger partial charge in [0.1, 0.15) is 5.69 Å². The maximum Gasteiger partial charge on any atom is 0.288 e. The van der Waals surface area contributed by atoms with Gasteiger partial charge in [-0.15, -0.1) is 0 Å². The number of aromatic nitrogens is 1. The molecule has 0 saturated heterocycles. The van der Waals surface area contributed by atoms with Crippen LogP contribution in [0.15, 0.2) is 48.7 Å². The number of anilines is 1. The minimum Gasteiger partial charge on any atom is -0.298 e. The summed E-state index contributed by atoms with van der Waals surface area (Å²) in [6.07, 6.45) is 1.55. The van der Waals surface area contributed by atoms with Gasteiger partial charge in [-0.25, -0.2) is 0 Å². The molecule has 1 amide bonds. The third kappa shape index (κ3) is 2.83. The SMILES string of the molecule is N#Cc1ccc(NNC(=O)c2ccccn2)cc1. The highest BCUT2D eigenvalue weighted by atomic mass is 16.2. The Morgan fingerprint density at radius 3 is 2.56 bits per heavy atom. The molecule has 0 bridgehead atoms. The molecule has 0 unspecified atom stereocenters. The Morgan fingerprint density at radius 1 is 1.17 bits per heavy atom. The molecule has 0 aliphatic heterocycles. The van der Waals surface area contributed by atoms with Crippen LogP contribution in [0, 0.1) is 11.3 Å². The Bertz CT molecular complexity index is 572. The molecule has 1 aromatic heterocycles. The molecule has 18 heavy (non-hydrogen) atoms. The lowest BCUT2D eigenvalue weighted by atomic mass is 10.2. The van der Waals surface area contributed by atoms with Crippen molar-refractivity contribution in [1.29, 1.82) is 5.26 Å². The number of benzene rings is 1. The van der Waals surface area contributed by atoms with Crippen LogP contribution in [0.1, 0.15) is 16.1 Å². The fourth-order valence-corrected chi connectivity index (χ4v) is 1.32. The molecular weight excluding hydrogens is 228 g/mol. The van der Waals surface area contributed by atoms with E-state index in [1.807, 2.05) is 6.07 Å². The average Bonchev–Trinajstić information content (AvgIpc) is 2.46. The van der Waals surface area contributed by atoms with Crippen LogP contribution < -0.4 is 10.9 Å². The Kier molecular flexibility index (Phi) is 3.52. The molecule has 1 heterocycles. The topological polar surface area (TPSA) is 77.8 Å². The summed E-state index contributed by atoms with van der Waals surface area (Å²) in [6.45, 7) is 0. The number of hydrogen-bond acceptors (Lipinski definition) is 4. The minimum atomic E-state index is -0.319. The standard InChI is InChI=1S/C13H10N4O/c14-9-10-4-6-11(7-5-10)16-17-13(18)12-3-1-2-8-15-12/h1-8,16H,(H,17,18). The van der Waals surface area contributed by atoms with Gasteiger partial charge in [0.05, 0.1) is 17.3 Å². The van der Waals surface area contributed by atoms with E-state index in [-0.39, 0.29) is 5.91 Å². The van der Waals surface area contributed by atoms with E-state index in [1.54, 1.807) is 48.7 Å². The minimum absolute atomic E-state index is 0.319. The zero-order valence-corrected chi connectivity index (χ0v) is 9.42. The van der Waals surface area contributed by atoms with Crippen molar-refractivity contribution in [3.8, 4) is 6.07 Å². The number of pyridine rings is 1. The smallest absolute Gasteiger partial charge is 0.288 e. The van der Waals surface area contributed by atoms with Gasteiger partial charge in [0, 0.05) is 6.20 Å². The van der Waals surface area contributed by atoms with Crippen molar-refractivity contribution in [2.24, 2.45) is 0 Å². The van der Waals surface area contributed by atoms with Crippen molar-refractivity contribution < 1.29 is 4.79 Å². The molecular formula is C13H10N4O. The molecule has 5 heteroatoms. The average molecular weight is 238 g/mol. The maximum atomic E-state index is 11.7. The Labute approximate surface area is 104 Å². The summed E-state index contributed by atoms with van der Waals surface area (Å²) in [6, 6.07) is 13.9. The molecule has 0 radical (unpaired) electrons. The second kappa shape index (κ2) is 5.46. The number of carbonyl (C=O) groups excluding carboxylic acids is 1. The summed E-state index contributed by atoms with van der Waals surface area (Å²) >= 11 is 0. The number of nitrogens with one attached hydrogen (secondary N) is 2. The quantitative estimate of drug-likeness (QED) is 0.798. The number of nitrogens with zero attached hydrogens (tertiary/aromatic N) is 2. The molecule has 0 saturated carbocycles. The Hall–Kier alpha value is -2.87. The first-order valence-electron chi connectivity index (χ1n) is 5.27. The van der Waals surface area contributed by atoms with Gasteiger partial charge in [-0.05, 0) is 36.4 Å². The molecule has 0 fully saturated rings. The molecule has 2 aromatic rings. The lowest BCUT2D eigenvalue weighted by Gasteiger charge is -2.07. The number of amides is 1. The fourth-order valence-electron chi connectivity index (χ4n) is 1.32. The van der Waals surface area contributed by atoms with Crippen LogP contribution in [0.4, 0.5) is 5.69 Å². The molecule has 5 nitrogen and oxygen atoms in total. The van der Waals surface area contributed by atoms with Crippen molar-refractivity contribution in [3.05, 3.63) is 59.9 Å². The van der Waals surface area contributed by atoms with Crippen molar-refractivity contribution in [1.82, 2.24) is 10.4 Å². The van der Waals surface area contributed by atoms with E-state index in [4.69, 9.17) is 5.26 Å². The summed E-state index contributed by atoms with van der Waals surface area (Å²) in [5.41, 5.74) is 6.85. The highest BCUT2D eigenvalue weighted by Crippen LogP contribution is 2.07. The van der Waals surface area contributed by atoms with Crippen LogP contribution in [-0.2, 0) is 0 Å². The zero-order chi connectivity index (χ0) is 12.8. The van der Waals surface area contributed by atoms with E-state index in [1.165, 1.54) is 0 Å². The van der Waals surface area contributed by atoms with Gasteiger partial charge in [0.15, 0.2) is 0 Å². The highest BCUT2D eigenvalue weighted by Gasteiger charge is 2.04. The van der Waals surface area contributed by atoms with Gasteiger partial charge in [-0.1, -0.05) is 6.07 Å². The van der Waals surface area contributed by atoms with Gasteiger partial charge >= 0.3 is 0 Å². The largest absolute Gasteiger partial charge is 0.298 e. The predicted octanol–water partition coefficient (Wildman–Crippen LogP) is 1.71. The van der Waals surface area contributed by atoms with E-state index >= 15 is 0 Å². The third-order valence-corrected chi connectivity index (χ3v) is 2.23. The molecule has 1 aromatic carbocycles. The molecule has 0 aliphatic carbocycles. The number of hydrogen-bond donors (Lipinski definition) is 2. The second-order valence-corrected chi connectivity index (χ2v) is 3.48. The van der Waals surface area contributed by atoms with Crippen LogP contribution >= 0.6 is 0 Å². The van der Waals surface area contributed by atoms with Gasteiger partial charge in [0.25, 0.3) is 5.91 Å². The van der Waals surface area contributed by atoms with E-state index in [0.717, 1.165) is 0 Å². The van der Waals surface area contributed by atoms with Crippen molar-refractivity contribution in [2.75, 3.05) is 5.43 Å². The van der Waals surface area contributed by atoms with E-state index in [0.29, 0.717) is 16.9 Å². The summed E-state index contributed by atoms with van der Waals surface area (Å²) in [5.74, 6) is -0.319. The number of rotatable bonds is 3. The zero-order valence-electron chi connectivity index (χ0n) is 9.42. The fraction of sp³-hybridized carbons (Fsp3) is 0. The van der Waals surface area contributed by atoms with E-state index < -0.39 is 0 Å². The number of hydrazine groups is 1. The molecule has 2 N–H and O–H groups in total. The third-order valence-electron chi connectivity index (χ3n) is 2.23. The van der Waals surface area contributed by atoms with Crippen LogP contribution in [0.3, 0.4) is 0 Å². The van der Waals surface area contributed by atoms with E-state index in [9.17, 15) is 4.79 Å². The van der Waals surface area contributed by atoms with Crippen molar-refractivity contribution in [2.45, 2.75) is 0 Å². The maximum absolute atomic E-state index is 11.7. The lowest BCUT2D eigenvalue weighted by Crippen LogP contribution is -2.29. The summed E-state index contributed by atoms with van der Waals surface area (Å²) in [7, 11) is 0. The second-order valence-electron chi connectivity index (χ2n) is 3.48. The van der Waals surface area contributed by atoms with Gasteiger partial charge in [-0.3, -0.25) is 20.6 Å². The first-order chi connectivity index (χ1) is 8.79. The van der Waals surface area contributed by atoms with Gasteiger partial charge in [0.2, 0.25) is 0 Å². The van der Waals surface area contributed by atoms with Gasteiger partial charge in [-0.2, -0.15) is 5.26 Å². The van der Waals surface area contributed by atoms with Crippen molar-refractivity contribution >= 4 is 11.6 Å². The summed E-state index contributed by atoms with van der Waals surface area (Å²) in [4.78, 5) is 15.6. The van der Waals surface area contributed by atoms with Crippen LogP contribution in [0.2, 0.25) is 0 Å². The molecule has 88 valence electrons. The van der Waals surface area contributed by atoms with Gasteiger partial charge < -0.3 is 0 Å². The summed E-state index contributed by atoms with van der Waals surface area (Å²) < 4.78 is 0. The first-order valence-corrected chi connectivity index (χ1v) is 5.27. The molecule has 0 atom stereocenters. The normalized spacial score (nSPS) is 9.28. The highest BCUT2D eigenvalue weighted by molar-refractivity contribution is 5.92.